The van der Waals surface area contributed by atoms with Crippen molar-refractivity contribution in [2.24, 2.45) is 0 Å². The molecule has 0 unspecified atom stereocenters. The highest BCUT2D eigenvalue weighted by Gasteiger charge is 2.09. The van der Waals surface area contributed by atoms with Gasteiger partial charge in [-0.15, -0.1) is 0 Å². The summed E-state index contributed by atoms with van der Waals surface area (Å²) in [4.78, 5) is 26.4. The zero-order valence-corrected chi connectivity index (χ0v) is 11.9. The second kappa shape index (κ2) is 6.43. The van der Waals surface area contributed by atoms with Crippen molar-refractivity contribution in [3.05, 3.63) is 52.1 Å². The molecule has 0 bridgehead atoms. The predicted molar refractivity (Wildman–Crippen MR) is 80.3 cm³/mol. The summed E-state index contributed by atoms with van der Waals surface area (Å²) in [5.41, 5.74) is 0.157. The third kappa shape index (κ3) is 4.08. The van der Waals surface area contributed by atoms with Crippen LogP contribution >= 0.6 is 23.2 Å². The first-order valence-electron chi connectivity index (χ1n) is 5.69. The summed E-state index contributed by atoms with van der Waals surface area (Å²) in [6.45, 7) is 0. The van der Waals surface area contributed by atoms with Gasteiger partial charge in [0.2, 0.25) is 0 Å². The van der Waals surface area contributed by atoms with Gasteiger partial charge in [-0.05, 0) is 30.3 Å². The number of benzene rings is 1. The van der Waals surface area contributed by atoms with Crippen LogP contribution in [-0.2, 0) is 0 Å². The lowest BCUT2D eigenvalue weighted by Gasteiger charge is -2.09. The fourth-order valence-electron chi connectivity index (χ4n) is 1.49. The standard InChI is InChI=1S/C13H9Cl2N3O3/c14-7-4-5-8(15)10(6-7)17-13(21)18-11-3-1-2-9(16-11)12(19)20/h1-6H,(H,19,20)(H2,16,17,18,21). The minimum atomic E-state index is -1.18. The molecular weight excluding hydrogens is 317 g/mol. The quantitative estimate of drug-likeness (QED) is 0.801. The minimum absolute atomic E-state index is 0.102. The normalized spacial score (nSPS) is 10.0. The number of anilines is 2. The number of pyridine rings is 1. The van der Waals surface area contributed by atoms with Crippen LogP contribution in [-0.4, -0.2) is 22.1 Å². The average molecular weight is 326 g/mol. The number of nitrogens with zero attached hydrogens (tertiary/aromatic N) is 1. The lowest BCUT2D eigenvalue weighted by molar-refractivity contribution is 0.0690. The van der Waals surface area contributed by atoms with E-state index in [0.717, 1.165) is 0 Å². The Morgan fingerprint density at radius 1 is 1.10 bits per heavy atom. The number of rotatable bonds is 3. The van der Waals surface area contributed by atoms with E-state index in [1.165, 1.54) is 24.3 Å². The zero-order valence-electron chi connectivity index (χ0n) is 10.4. The molecule has 0 aliphatic rings. The molecule has 0 aliphatic carbocycles. The van der Waals surface area contributed by atoms with E-state index in [2.05, 4.69) is 15.6 Å². The van der Waals surface area contributed by atoms with Gasteiger partial charge >= 0.3 is 12.0 Å². The number of aromatic nitrogens is 1. The van der Waals surface area contributed by atoms with E-state index in [1.54, 1.807) is 12.1 Å². The van der Waals surface area contributed by atoms with Crippen molar-refractivity contribution in [3.8, 4) is 0 Å². The number of hydrogen-bond acceptors (Lipinski definition) is 3. The maximum absolute atomic E-state index is 11.8. The molecule has 21 heavy (non-hydrogen) atoms. The summed E-state index contributed by atoms with van der Waals surface area (Å²) in [6, 6.07) is 8.26. The SMILES string of the molecule is O=C(Nc1cccc(C(=O)O)n1)Nc1cc(Cl)ccc1Cl. The molecule has 3 N–H and O–H groups in total. The number of urea groups is 1. The number of carbonyl (C=O) groups is 2. The number of amides is 2. The molecule has 108 valence electrons. The second-order valence-electron chi connectivity index (χ2n) is 3.92. The lowest BCUT2D eigenvalue weighted by Crippen LogP contribution is -2.20. The highest BCUT2D eigenvalue weighted by molar-refractivity contribution is 6.35. The molecule has 0 spiro atoms. The Bertz CT molecular complexity index is 707. The van der Waals surface area contributed by atoms with E-state index in [0.29, 0.717) is 15.7 Å². The monoisotopic (exact) mass is 325 g/mol. The number of aromatic carboxylic acids is 1. The fraction of sp³-hybridized carbons (Fsp3) is 0. The Labute approximate surface area is 129 Å². The van der Waals surface area contributed by atoms with Gasteiger partial charge < -0.3 is 10.4 Å². The summed E-state index contributed by atoms with van der Waals surface area (Å²) in [6.07, 6.45) is 0. The Morgan fingerprint density at radius 3 is 2.57 bits per heavy atom. The topological polar surface area (TPSA) is 91.3 Å². The third-order valence-corrected chi connectivity index (χ3v) is 2.95. The first-order valence-corrected chi connectivity index (χ1v) is 6.45. The van der Waals surface area contributed by atoms with E-state index in [1.807, 2.05) is 0 Å². The molecular formula is C13H9Cl2N3O3. The van der Waals surface area contributed by atoms with Crippen LogP contribution in [0.15, 0.2) is 36.4 Å². The van der Waals surface area contributed by atoms with Crippen LogP contribution in [0, 0.1) is 0 Å². The number of carbonyl (C=O) groups excluding carboxylic acids is 1. The highest BCUT2D eigenvalue weighted by Crippen LogP contribution is 2.25. The van der Waals surface area contributed by atoms with E-state index >= 15 is 0 Å². The first-order chi connectivity index (χ1) is 9.95. The van der Waals surface area contributed by atoms with Crippen molar-refractivity contribution in [1.82, 2.24) is 4.98 Å². The van der Waals surface area contributed by atoms with E-state index < -0.39 is 12.0 Å². The molecule has 1 aromatic heterocycles. The Hall–Kier alpha value is -2.31. The van der Waals surface area contributed by atoms with Gasteiger partial charge in [0.05, 0.1) is 10.7 Å². The molecule has 6 nitrogen and oxygen atoms in total. The van der Waals surface area contributed by atoms with Crippen LogP contribution in [0.1, 0.15) is 10.5 Å². The molecule has 0 saturated carbocycles. The summed E-state index contributed by atoms with van der Waals surface area (Å²) in [5.74, 6) is -1.08. The van der Waals surface area contributed by atoms with Gasteiger partial charge in [-0.3, -0.25) is 5.32 Å². The van der Waals surface area contributed by atoms with Gasteiger partial charge in [-0.25, -0.2) is 14.6 Å². The van der Waals surface area contributed by atoms with Crippen LogP contribution in [0.5, 0.6) is 0 Å². The van der Waals surface area contributed by atoms with Crippen LogP contribution < -0.4 is 10.6 Å². The number of carboxylic acids is 1. The summed E-state index contributed by atoms with van der Waals surface area (Å²) >= 11 is 11.7. The molecule has 0 atom stereocenters. The maximum atomic E-state index is 11.8. The number of hydrogen-bond donors (Lipinski definition) is 3. The van der Waals surface area contributed by atoms with E-state index in [9.17, 15) is 9.59 Å². The fourth-order valence-corrected chi connectivity index (χ4v) is 1.82. The average Bonchev–Trinajstić information content (AvgIpc) is 2.43. The van der Waals surface area contributed by atoms with Crippen molar-refractivity contribution in [1.29, 1.82) is 0 Å². The molecule has 0 aliphatic heterocycles. The van der Waals surface area contributed by atoms with Crippen LogP contribution in [0.25, 0.3) is 0 Å². The molecule has 2 aromatic rings. The van der Waals surface area contributed by atoms with Gasteiger partial charge in [0.1, 0.15) is 5.82 Å². The van der Waals surface area contributed by atoms with E-state index in [-0.39, 0.29) is 11.5 Å². The van der Waals surface area contributed by atoms with E-state index in [4.69, 9.17) is 28.3 Å². The number of nitrogens with one attached hydrogen (secondary N) is 2. The molecule has 2 rings (SSSR count). The molecule has 0 radical (unpaired) electrons. The largest absolute Gasteiger partial charge is 0.477 e. The number of halogens is 2. The van der Waals surface area contributed by atoms with Crippen molar-refractivity contribution < 1.29 is 14.7 Å². The molecule has 8 heteroatoms. The third-order valence-electron chi connectivity index (χ3n) is 2.39. The predicted octanol–water partition coefficient (Wildman–Crippen LogP) is 3.73. The molecule has 1 heterocycles. The van der Waals surface area contributed by atoms with Gasteiger partial charge in [-0.2, -0.15) is 0 Å². The molecule has 0 fully saturated rings. The summed E-state index contributed by atoms with van der Waals surface area (Å²) in [7, 11) is 0. The van der Waals surface area contributed by atoms with Gasteiger partial charge in [-0.1, -0.05) is 29.3 Å². The smallest absolute Gasteiger partial charge is 0.354 e. The van der Waals surface area contributed by atoms with Crippen LogP contribution in [0.2, 0.25) is 10.0 Å². The maximum Gasteiger partial charge on any atom is 0.354 e. The van der Waals surface area contributed by atoms with Gasteiger partial charge in [0, 0.05) is 5.02 Å². The van der Waals surface area contributed by atoms with Gasteiger partial charge in [0.15, 0.2) is 5.69 Å². The summed E-state index contributed by atoms with van der Waals surface area (Å²) < 4.78 is 0. The van der Waals surface area contributed by atoms with Crippen LogP contribution in [0.3, 0.4) is 0 Å². The lowest BCUT2D eigenvalue weighted by atomic mass is 10.3. The Morgan fingerprint density at radius 2 is 1.86 bits per heavy atom. The van der Waals surface area contributed by atoms with Crippen molar-refractivity contribution in [2.75, 3.05) is 10.6 Å². The Kier molecular flexibility index (Phi) is 4.62. The summed E-state index contributed by atoms with van der Waals surface area (Å²) in [5, 5.41) is 14.5. The van der Waals surface area contributed by atoms with Crippen molar-refractivity contribution >= 4 is 46.7 Å². The minimum Gasteiger partial charge on any atom is -0.477 e. The van der Waals surface area contributed by atoms with Crippen molar-refractivity contribution in [3.63, 3.8) is 0 Å². The highest BCUT2D eigenvalue weighted by atomic mass is 35.5. The molecule has 2 amide bonds. The van der Waals surface area contributed by atoms with Crippen LogP contribution in [0.4, 0.5) is 16.3 Å². The molecule has 1 aromatic carbocycles. The van der Waals surface area contributed by atoms with Crippen molar-refractivity contribution in [2.45, 2.75) is 0 Å². The molecule has 0 saturated heterocycles. The first kappa shape index (κ1) is 15.1. The van der Waals surface area contributed by atoms with Gasteiger partial charge in [0.25, 0.3) is 0 Å². The second-order valence-corrected chi connectivity index (χ2v) is 4.76. The zero-order chi connectivity index (χ0) is 15.4. The number of carboxylic acid groups (broad SMARTS) is 1. The Balaban J connectivity index is 2.10.